The summed E-state index contributed by atoms with van der Waals surface area (Å²) >= 11 is 1.66. The second kappa shape index (κ2) is 8.96. The number of fused-ring (bicyclic) bond motifs is 2. The predicted molar refractivity (Wildman–Crippen MR) is 144 cm³/mol. The van der Waals surface area contributed by atoms with Gasteiger partial charge in [0.05, 0.1) is 29.1 Å². The highest BCUT2D eigenvalue weighted by molar-refractivity contribution is 7.13. The molecule has 8 nitrogen and oxygen atoms in total. The molecule has 1 aromatic carbocycles. The van der Waals surface area contributed by atoms with Crippen molar-refractivity contribution in [1.29, 1.82) is 0 Å². The average Bonchev–Trinajstić information content (AvgIpc) is 3.71. The number of aromatic amines is 2. The summed E-state index contributed by atoms with van der Waals surface area (Å²) < 4.78 is 5.97. The summed E-state index contributed by atoms with van der Waals surface area (Å²) in [6, 6.07) is 20.0. The second-order valence-corrected chi connectivity index (χ2v) is 9.44. The van der Waals surface area contributed by atoms with Gasteiger partial charge in [0.2, 0.25) is 0 Å². The van der Waals surface area contributed by atoms with Crippen molar-refractivity contribution < 1.29 is 4.74 Å². The van der Waals surface area contributed by atoms with Gasteiger partial charge in [0.25, 0.3) is 0 Å². The van der Waals surface area contributed by atoms with Crippen LogP contribution in [-0.4, -0.2) is 35.1 Å². The summed E-state index contributed by atoms with van der Waals surface area (Å²) in [4.78, 5) is 23.1. The van der Waals surface area contributed by atoms with Gasteiger partial charge in [0.15, 0.2) is 11.5 Å². The lowest BCUT2D eigenvalue weighted by Gasteiger charge is -2.08. The Bertz CT molecular complexity index is 1840. The number of aromatic nitrogens is 7. The lowest BCUT2D eigenvalue weighted by Crippen LogP contribution is -1.96. The standard InChI is InChI=1S/C28H19N7OS/c1-2-5-17(6-3-1)16-36-19-11-18(12-29-13-19)21-8-9-22-26(31-21)27(35-34-22)28-32-23-15-30-14-20(25(23)33-28)24-7-4-10-37-24/h1-15H,16H2,(H,32,33)(H,34,35). The molecule has 6 heterocycles. The number of ether oxygens (including phenoxy) is 1. The lowest BCUT2D eigenvalue weighted by molar-refractivity contribution is 0.305. The minimum Gasteiger partial charge on any atom is -0.487 e. The number of hydrogen-bond acceptors (Lipinski definition) is 7. The smallest absolute Gasteiger partial charge is 0.161 e. The molecule has 0 atom stereocenters. The third-order valence-electron chi connectivity index (χ3n) is 6.07. The summed E-state index contributed by atoms with van der Waals surface area (Å²) in [6.07, 6.45) is 7.12. The summed E-state index contributed by atoms with van der Waals surface area (Å²) in [6.45, 7) is 0.471. The number of thiophene rings is 1. The zero-order chi connectivity index (χ0) is 24.6. The number of nitrogens with one attached hydrogen (secondary N) is 2. The maximum atomic E-state index is 5.97. The van der Waals surface area contributed by atoms with Crippen LogP contribution < -0.4 is 4.74 Å². The number of rotatable bonds is 6. The predicted octanol–water partition coefficient (Wildman–Crippen LogP) is 6.27. The molecule has 0 spiro atoms. The zero-order valence-corrected chi connectivity index (χ0v) is 20.2. The number of H-pyrrole nitrogens is 2. The lowest BCUT2D eigenvalue weighted by atomic mass is 10.1. The van der Waals surface area contributed by atoms with Crippen LogP contribution in [-0.2, 0) is 6.61 Å². The maximum Gasteiger partial charge on any atom is 0.161 e. The summed E-state index contributed by atoms with van der Waals surface area (Å²) in [7, 11) is 0. The van der Waals surface area contributed by atoms with Crippen LogP contribution >= 0.6 is 11.3 Å². The molecule has 178 valence electrons. The summed E-state index contributed by atoms with van der Waals surface area (Å²) in [5, 5.41) is 9.65. The highest BCUT2D eigenvalue weighted by Gasteiger charge is 2.17. The van der Waals surface area contributed by atoms with E-state index in [-0.39, 0.29) is 0 Å². The van der Waals surface area contributed by atoms with Gasteiger partial charge in [-0.1, -0.05) is 36.4 Å². The van der Waals surface area contributed by atoms with Crippen molar-refractivity contribution in [2.24, 2.45) is 0 Å². The van der Waals surface area contributed by atoms with Crippen molar-refractivity contribution in [3.8, 4) is 39.0 Å². The van der Waals surface area contributed by atoms with Crippen LogP contribution in [0, 0.1) is 0 Å². The fourth-order valence-electron chi connectivity index (χ4n) is 4.26. The van der Waals surface area contributed by atoms with E-state index in [1.807, 2.05) is 66.2 Å². The van der Waals surface area contributed by atoms with E-state index in [9.17, 15) is 0 Å². The van der Waals surface area contributed by atoms with Crippen molar-refractivity contribution in [3.05, 3.63) is 96.4 Å². The molecule has 0 amide bonds. The minimum atomic E-state index is 0.471. The van der Waals surface area contributed by atoms with E-state index >= 15 is 0 Å². The third kappa shape index (κ3) is 4.01. The minimum absolute atomic E-state index is 0.471. The first-order valence-corrected chi connectivity index (χ1v) is 12.5. The van der Waals surface area contributed by atoms with Gasteiger partial charge >= 0.3 is 0 Å². The zero-order valence-electron chi connectivity index (χ0n) is 19.4. The van der Waals surface area contributed by atoms with Crippen LogP contribution in [0.2, 0.25) is 0 Å². The molecule has 0 unspecified atom stereocenters. The Morgan fingerprint density at radius 3 is 2.62 bits per heavy atom. The fraction of sp³-hybridized carbons (Fsp3) is 0.0357. The van der Waals surface area contributed by atoms with E-state index in [1.165, 1.54) is 0 Å². The SMILES string of the molecule is c1ccc(COc2cncc(-c3ccc4[nH]nc(-c5nc6c(-c7cccs7)cncc6[nH]5)c4n3)c2)cc1. The number of benzene rings is 1. The van der Waals surface area contributed by atoms with Gasteiger partial charge in [0.1, 0.15) is 23.4 Å². The fourth-order valence-corrected chi connectivity index (χ4v) is 5.00. The van der Waals surface area contributed by atoms with Gasteiger partial charge in [-0.2, -0.15) is 5.10 Å². The Morgan fingerprint density at radius 1 is 0.811 bits per heavy atom. The quantitative estimate of drug-likeness (QED) is 0.278. The van der Waals surface area contributed by atoms with Crippen LogP contribution in [0.25, 0.3) is 55.3 Å². The number of nitrogens with zero attached hydrogens (tertiary/aromatic N) is 5. The van der Waals surface area contributed by atoms with Crippen LogP contribution in [0.3, 0.4) is 0 Å². The molecule has 0 saturated carbocycles. The first-order chi connectivity index (χ1) is 18.3. The summed E-state index contributed by atoms with van der Waals surface area (Å²) in [5.41, 5.74) is 7.60. The third-order valence-corrected chi connectivity index (χ3v) is 6.97. The van der Waals surface area contributed by atoms with Gasteiger partial charge in [0, 0.05) is 28.4 Å². The topological polar surface area (TPSA) is 105 Å². The molecule has 7 aromatic rings. The molecule has 0 aliphatic heterocycles. The van der Waals surface area contributed by atoms with Gasteiger partial charge in [-0.05, 0) is 35.2 Å². The molecule has 7 rings (SSSR count). The highest BCUT2D eigenvalue weighted by Crippen LogP contribution is 2.33. The monoisotopic (exact) mass is 501 g/mol. The molecule has 0 bridgehead atoms. The first-order valence-electron chi connectivity index (χ1n) is 11.7. The molecule has 0 fully saturated rings. The van der Waals surface area contributed by atoms with E-state index in [1.54, 1.807) is 29.9 Å². The highest BCUT2D eigenvalue weighted by atomic mass is 32.1. The molecule has 6 aromatic heterocycles. The Morgan fingerprint density at radius 2 is 1.73 bits per heavy atom. The number of hydrogen-bond donors (Lipinski definition) is 2. The van der Waals surface area contributed by atoms with Crippen LogP contribution in [0.15, 0.2) is 90.8 Å². The van der Waals surface area contributed by atoms with E-state index in [2.05, 4.69) is 31.2 Å². The largest absolute Gasteiger partial charge is 0.487 e. The van der Waals surface area contributed by atoms with Gasteiger partial charge < -0.3 is 9.72 Å². The average molecular weight is 502 g/mol. The molecule has 0 aliphatic carbocycles. The van der Waals surface area contributed by atoms with Crippen molar-refractivity contribution in [1.82, 2.24) is 35.1 Å². The molecule has 37 heavy (non-hydrogen) atoms. The Hall–Kier alpha value is -4.89. The van der Waals surface area contributed by atoms with Gasteiger partial charge in [-0.25, -0.2) is 9.97 Å². The molecule has 9 heteroatoms. The molecular weight excluding hydrogens is 482 g/mol. The number of pyridine rings is 3. The molecular formula is C28H19N7OS. The van der Waals surface area contributed by atoms with Crippen molar-refractivity contribution in [3.63, 3.8) is 0 Å². The van der Waals surface area contributed by atoms with Crippen LogP contribution in [0.1, 0.15) is 5.56 Å². The van der Waals surface area contributed by atoms with E-state index < -0.39 is 0 Å². The van der Waals surface area contributed by atoms with E-state index in [0.29, 0.717) is 23.9 Å². The Labute approximate surface area is 215 Å². The van der Waals surface area contributed by atoms with Crippen molar-refractivity contribution >= 4 is 33.4 Å². The van der Waals surface area contributed by atoms with Gasteiger partial charge in [-0.15, -0.1) is 11.3 Å². The molecule has 0 aliphatic rings. The van der Waals surface area contributed by atoms with Crippen molar-refractivity contribution in [2.45, 2.75) is 6.61 Å². The molecule has 2 N–H and O–H groups in total. The van der Waals surface area contributed by atoms with E-state index in [4.69, 9.17) is 14.7 Å². The first kappa shape index (κ1) is 21.4. The van der Waals surface area contributed by atoms with Crippen LogP contribution in [0.4, 0.5) is 0 Å². The Kier molecular flexibility index (Phi) is 5.18. The van der Waals surface area contributed by atoms with Crippen molar-refractivity contribution in [2.75, 3.05) is 0 Å². The number of imidazole rings is 1. The molecule has 0 radical (unpaired) electrons. The normalized spacial score (nSPS) is 11.4. The molecule has 0 saturated heterocycles. The second-order valence-electron chi connectivity index (χ2n) is 8.49. The van der Waals surface area contributed by atoms with Crippen LogP contribution in [0.5, 0.6) is 5.75 Å². The Balaban J connectivity index is 1.24. The summed E-state index contributed by atoms with van der Waals surface area (Å²) in [5.74, 6) is 1.32. The maximum absolute atomic E-state index is 5.97. The van der Waals surface area contributed by atoms with E-state index in [0.717, 1.165) is 49.3 Å². The van der Waals surface area contributed by atoms with Gasteiger partial charge in [-0.3, -0.25) is 15.1 Å².